The van der Waals surface area contributed by atoms with E-state index in [9.17, 15) is 73.5 Å². The molecular formula is C65H81N9O16S2. The molecule has 5 aromatic rings. The highest BCUT2D eigenvalue weighted by atomic mass is 32.2. The Morgan fingerprint density at radius 3 is 1.86 bits per heavy atom. The number of carbonyl (C=O) groups is 10. The predicted molar refractivity (Wildman–Crippen MR) is 345 cm³/mol. The van der Waals surface area contributed by atoms with E-state index in [1.54, 1.807) is 78.9 Å². The summed E-state index contributed by atoms with van der Waals surface area (Å²) in [5, 5.41) is 64.7. The topological polar surface area (TPSA) is 396 Å². The van der Waals surface area contributed by atoms with Gasteiger partial charge in [0.1, 0.15) is 40.5 Å². The molecule has 0 aliphatic carbocycles. The van der Waals surface area contributed by atoms with Gasteiger partial charge in [-0.25, -0.2) is 9.78 Å². The summed E-state index contributed by atoms with van der Waals surface area (Å²) < 4.78 is 6.01. The molecule has 6 rings (SSSR count). The number of fused-ring (bicyclic) bond motifs is 1. The van der Waals surface area contributed by atoms with Crippen LogP contribution in [0.15, 0.2) is 108 Å². The number of aliphatic hydroxyl groups excluding tert-OH is 2. The van der Waals surface area contributed by atoms with Gasteiger partial charge in [0.05, 0.1) is 41.8 Å². The maximum atomic E-state index is 14.9. The van der Waals surface area contributed by atoms with Crippen molar-refractivity contribution in [2.75, 3.05) is 51.5 Å². The molecule has 0 saturated carbocycles. The van der Waals surface area contributed by atoms with E-state index in [-0.39, 0.29) is 43.8 Å². The van der Waals surface area contributed by atoms with Crippen LogP contribution in [-0.2, 0) is 72.1 Å². The Hall–Kier alpha value is -8.47. The van der Waals surface area contributed by atoms with Gasteiger partial charge < -0.3 is 67.5 Å². The molecular weight excluding hydrogens is 1230 g/mol. The molecule has 4 aromatic carbocycles. The minimum atomic E-state index is -1.64. The lowest BCUT2D eigenvalue weighted by molar-refractivity contribution is -0.149. The van der Waals surface area contributed by atoms with Gasteiger partial charge in [-0.2, -0.15) is 0 Å². The molecule has 2 heterocycles. The number of esters is 1. The second-order valence-electron chi connectivity index (χ2n) is 22.8. The van der Waals surface area contributed by atoms with Crippen molar-refractivity contribution in [3.8, 4) is 5.75 Å². The Bertz CT molecular complexity index is 3350. The van der Waals surface area contributed by atoms with Crippen LogP contribution in [0.2, 0.25) is 0 Å². The van der Waals surface area contributed by atoms with E-state index < -0.39 is 152 Å². The molecule has 0 fully saturated rings. The summed E-state index contributed by atoms with van der Waals surface area (Å²) in [5.41, 5.74) is 8.50. The molecule has 1 aliphatic heterocycles. The van der Waals surface area contributed by atoms with Gasteiger partial charge in [-0.3, -0.25) is 48.1 Å². The first kappa shape index (κ1) is 72.6. The third-order valence-corrected chi connectivity index (χ3v) is 17.4. The van der Waals surface area contributed by atoms with Crippen molar-refractivity contribution >= 4 is 103 Å². The number of thiazole rings is 1. The number of carbonyl (C=O) groups excluding carboxylic acids is 8. The van der Waals surface area contributed by atoms with Crippen LogP contribution in [-0.4, -0.2) is 176 Å². The molecule has 0 unspecified atom stereocenters. The fourth-order valence-corrected chi connectivity index (χ4v) is 12.1. The summed E-state index contributed by atoms with van der Waals surface area (Å²) in [5.74, 6) is -12.1. The number of carboxylic acid groups (broad SMARTS) is 2. The van der Waals surface area contributed by atoms with E-state index in [4.69, 9.17) is 10.5 Å². The number of hydrogen-bond acceptors (Lipinski definition) is 20. The Kier molecular flexibility index (Phi) is 29.3. The van der Waals surface area contributed by atoms with Crippen LogP contribution in [0.4, 0.5) is 5.69 Å². The van der Waals surface area contributed by atoms with Gasteiger partial charge in [0, 0.05) is 42.5 Å². The molecule has 0 bridgehead atoms. The van der Waals surface area contributed by atoms with E-state index in [2.05, 4.69) is 36.6 Å². The van der Waals surface area contributed by atoms with Gasteiger partial charge >= 0.3 is 17.9 Å². The molecule has 0 radical (unpaired) electrons. The lowest BCUT2D eigenvalue weighted by atomic mass is 9.88. The number of aromatic nitrogens is 1. The molecule has 0 saturated heterocycles. The zero-order valence-electron chi connectivity index (χ0n) is 51.3. The largest absolute Gasteiger partial charge is 0.508 e. The second-order valence-corrected chi connectivity index (χ2v) is 24.8. The summed E-state index contributed by atoms with van der Waals surface area (Å²) >= 11 is 2.56. The van der Waals surface area contributed by atoms with E-state index in [1.165, 1.54) is 47.4 Å². The standard InChI is InChI=1S/C65H81N9O16S2/c1-74(2)28-12-10-18-48(68-60(85)44(35-75)33-57(82)90-37-41-15-7-4-8-16-41)61(86)69-49(25-26-56(80)81)62(87)70-50(30-40-19-22-46(77)23-20-40)53(78)32-43(29-39-13-5-3-6-14-39)59(84)71-51(36-76)54(79)31-42(17-9-11-27-66)58(83)67-45-21-24-47-55(34-45)92-64(72-47)63-73-52(38-91-63)65(88)89/h3-8,13-16,19-24,34,42-44,48-52,75-77H,9-12,17-18,25-33,35-38,66H2,1-2H3,(H,67,83)(H,68,85)(H,69,86)(H,70,87)(H,71,84)(H,80,81)(H,88,89)/t42-,43-,44+,48+,49+,50+,51+,52-/m1/s1. The number of rotatable bonds is 40. The van der Waals surface area contributed by atoms with Crippen molar-refractivity contribution < 1.29 is 78.2 Å². The highest BCUT2D eigenvalue weighted by molar-refractivity contribution is 8.15. The van der Waals surface area contributed by atoms with Gasteiger partial charge in [-0.15, -0.1) is 23.1 Å². The molecule has 1 aromatic heterocycles. The molecule has 5 amide bonds. The lowest BCUT2D eigenvalue weighted by Gasteiger charge is -2.27. The Morgan fingerprint density at radius 1 is 0.630 bits per heavy atom. The van der Waals surface area contributed by atoms with Crippen LogP contribution in [0, 0.1) is 17.8 Å². The highest BCUT2D eigenvalue weighted by Gasteiger charge is 2.36. The number of phenols is 1. The first-order valence-corrected chi connectivity index (χ1v) is 32.1. The number of thioether (sulfide) groups is 1. The quantitative estimate of drug-likeness (QED) is 0.0195. The van der Waals surface area contributed by atoms with Gasteiger partial charge in [0.15, 0.2) is 17.6 Å². The van der Waals surface area contributed by atoms with Crippen LogP contribution in [0.1, 0.15) is 92.3 Å². The molecule has 0 spiro atoms. The summed E-state index contributed by atoms with van der Waals surface area (Å²) in [6.07, 6.45) is -0.840. The molecule has 27 heteroatoms. The zero-order chi connectivity index (χ0) is 66.7. The minimum Gasteiger partial charge on any atom is -0.508 e. The number of aliphatic hydroxyl groups is 2. The van der Waals surface area contributed by atoms with Gasteiger partial charge in [0.25, 0.3) is 0 Å². The number of anilines is 1. The van der Waals surface area contributed by atoms with E-state index in [0.717, 1.165) is 0 Å². The van der Waals surface area contributed by atoms with E-state index in [0.29, 0.717) is 81.4 Å². The summed E-state index contributed by atoms with van der Waals surface area (Å²) in [4.78, 5) is 148. The maximum Gasteiger partial charge on any atom is 0.329 e. The van der Waals surface area contributed by atoms with Gasteiger partial charge in [-0.05, 0) is 126 Å². The number of nitrogens with one attached hydrogen (secondary N) is 5. The maximum absolute atomic E-state index is 14.9. The number of aromatic hydroxyl groups is 1. The first-order valence-electron chi connectivity index (χ1n) is 30.3. The van der Waals surface area contributed by atoms with Crippen molar-refractivity contribution in [2.45, 2.75) is 120 Å². The van der Waals surface area contributed by atoms with Gasteiger partial charge in [0.2, 0.25) is 29.5 Å². The Morgan fingerprint density at radius 2 is 1.23 bits per heavy atom. The van der Waals surface area contributed by atoms with Crippen molar-refractivity contribution in [1.29, 1.82) is 0 Å². The number of unbranched alkanes of at least 4 members (excludes halogenated alkanes) is 2. The fourth-order valence-electron chi connectivity index (χ4n) is 10.0. The number of amides is 5. The zero-order valence-corrected chi connectivity index (χ0v) is 53.0. The number of aliphatic imine (C=N–C) groups is 1. The summed E-state index contributed by atoms with van der Waals surface area (Å²) in [7, 11) is 3.70. The number of ketones is 2. The first-order chi connectivity index (χ1) is 44.1. The predicted octanol–water partition coefficient (Wildman–Crippen LogP) is 3.92. The van der Waals surface area contributed by atoms with Crippen molar-refractivity contribution in [3.05, 3.63) is 125 Å². The number of phenolic OH excluding ortho intramolecular Hbond substituents is 1. The Labute approximate surface area is 540 Å². The number of carboxylic acids is 2. The average Bonchev–Trinajstić information content (AvgIpc) is 1.68. The van der Waals surface area contributed by atoms with E-state index in [1.807, 2.05) is 19.0 Å². The van der Waals surface area contributed by atoms with Crippen LogP contribution >= 0.6 is 23.1 Å². The normalized spacial score (nSPS) is 15.2. The van der Waals surface area contributed by atoms with Crippen molar-refractivity contribution in [2.24, 2.45) is 28.5 Å². The number of Topliss-reactive ketones (excluding diaryl/α,β-unsaturated/α-hetero) is 2. The monoisotopic (exact) mass is 1310 g/mol. The second kappa shape index (κ2) is 37.1. The van der Waals surface area contributed by atoms with Crippen LogP contribution < -0.4 is 32.3 Å². The number of aliphatic carboxylic acids is 2. The number of ether oxygens (including phenoxy) is 1. The van der Waals surface area contributed by atoms with Crippen LogP contribution in [0.3, 0.4) is 0 Å². The lowest BCUT2D eigenvalue weighted by Crippen LogP contribution is -2.57. The minimum absolute atomic E-state index is 0.0145. The summed E-state index contributed by atoms with van der Waals surface area (Å²) in [6, 6.07) is 21.2. The number of nitrogens with two attached hydrogens (primary N) is 1. The number of nitrogens with zero attached hydrogens (tertiary/aromatic N) is 3. The molecule has 1 aliphatic rings. The molecule has 92 heavy (non-hydrogen) atoms. The fraction of sp³-hybridized carbons (Fsp3) is 0.446. The molecule has 12 N–H and O–H groups in total. The van der Waals surface area contributed by atoms with E-state index >= 15 is 0 Å². The Balaban J connectivity index is 1.20. The summed E-state index contributed by atoms with van der Waals surface area (Å²) in [6.45, 7) is -0.846. The third-order valence-electron chi connectivity index (χ3n) is 15.2. The third kappa shape index (κ3) is 23.6. The number of hydrogen-bond donors (Lipinski definition) is 11. The highest BCUT2D eigenvalue weighted by Crippen LogP contribution is 2.32. The molecule has 8 atom stereocenters. The SMILES string of the molecule is CN(C)CCCC[C@H](NC(=O)[C@H](CO)CC(=O)OCc1ccccc1)C(=O)N[C@@H](CCC(=O)O)C(=O)N[C@@H](Cc1ccc(O)cc1)C(=O)C[C@@H](Cc1ccccc1)C(=O)N[C@@H](CO)C(=O)C[C@@H](CCCCN)C(=O)Nc1ccc2nc(C3=N[C@@H](C(=O)O)CS3)sc2c1. The average molecular weight is 1310 g/mol. The number of benzene rings is 4. The molecule has 494 valence electrons. The van der Waals surface area contributed by atoms with Crippen LogP contribution in [0.25, 0.3) is 10.2 Å². The van der Waals surface area contributed by atoms with Crippen molar-refractivity contribution in [3.63, 3.8) is 0 Å². The van der Waals surface area contributed by atoms with Gasteiger partial charge in [-0.1, -0.05) is 79.2 Å². The van der Waals surface area contributed by atoms with Crippen LogP contribution in [0.5, 0.6) is 5.75 Å². The van der Waals surface area contributed by atoms with Crippen molar-refractivity contribution in [1.82, 2.24) is 31.2 Å². The smallest absolute Gasteiger partial charge is 0.329 e. The molecule has 25 nitrogen and oxygen atoms in total.